The van der Waals surface area contributed by atoms with Crippen molar-refractivity contribution in [3.05, 3.63) is 11.4 Å². The minimum absolute atomic E-state index is 0.0155. The SMILES string of the molecule is COCc1c(C(=O)OC)nnn1-c1nonc1N. The first kappa shape index (κ1) is 12.0. The number of methoxy groups -OCH3 is 2. The Morgan fingerprint density at radius 1 is 1.44 bits per heavy atom. The molecule has 0 aliphatic carbocycles. The molecule has 0 aliphatic rings. The number of rotatable bonds is 4. The molecule has 10 heteroatoms. The van der Waals surface area contributed by atoms with E-state index in [1.54, 1.807) is 0 Å². The fourth-order valence-corrected chi connectivity index (χ4v) is 1.33. The molecule has 0 unspecified atom stereocenters. The topological polar surface area (TPSA) is 131 Å². The molecule has 96 valence electrons. The molecule has 0 aliphatic heterocycles. The summed E-state index contributed by atoms with van der Waals surface area (Å²) in [4.78, 5) is 11.5. The van der Waals surface area contributed by atoms with Gasteiger partial charge in [0.2, 0.25) is 11.6 Å². The van der Waals surface area contributed by atoms with Crippen molar-refractivity contribution in [2.75, 3.05) is 20.0 Å². The number of nitrogens with zero attached hydrogens (tertiary/aromatic N) is 5. The van der Waals surface area contributed by atoms with Crippen LogP contribution in [-0.2, 0) is 16.1 Å². The molecule has 0 amide bonds. The molecular weight excluding hydrogens is 244 g/mol. The second kappa shape index (κ2) is 4.79. The molecule has 2 aromatic rings. The van der Waals surface area contributed by atoms with Gasteiger partial charge in [-0.2, -0.15) is 4.68 Å². The fourth-order valence-electron chi connectivity index (χ4n) is 1.33. The van der Waals surface area contributed by atoms with Crippen molar-refractivity contribution in [1.82, 2.24) is 25.3 Å². The Labute approximate surface area is 101 Å². The van der Waals surface area contributed by atoms with Crippen LogP contribution in [0.2, 0.25) is 0 Å². The van der Waals surface area contributed by atoms with Crippen molar-refractivity contribution < 1.29 is 18.9 Å². The number of aromatic nitrogens is 5. The third kappa shape index (κ3) is 1.88. The van der Waals surface area contributed by atoms with E-state index in [4.69, 9.17) is 10.5 Å². The Kier molecular flexibility index (Phi) is 3.19. The highest BCUT2D eigenvalue weighted by atomic mass is 16.6. The van der Waals surface area contributed by atoms with Gasteiger partial charge in [0.15, 0.2) is 5.69 Å². The fraction of sp³-hybridized carbons (Fsp3) is 0.375. The van der Waals surface area contributed by atoms with Crippen LogP contribution >= 0.6 is 0 Å². The molecule has 0 saturated heterocycles. The molecule has 2 heterocycles. The first-order valence-corrected chi connectivity index (χ1v) is 4.79. The normalized spacial score (nSPS) is 10.6. The van der Waals surface area contributed by atoms with Crippen LogP contribution in [0.1, 0.15) is 16.2 Å². The summed E-state index contributed by atoms with van der Waals surface area (Å²) in [6, 6.07) is 0. The average molecular weight is 254 g/mol. The van der Waals surface area contributed by atoms with Gasteiger partial charge >= 0.3 is 5.97 Å². The third-order valence-corrected chi connectivity index (χ3v) is 2.12. The number of hydrogen-bond acceptors (Lipinski definition) is 9. The van der Waals surface area contributed by atoms with Gasteiger partial charge in [-0.15, -0.1) is 5.10 Å². The summed E-state index contributed by atoms with van der Waals surface area (Å²) in [6.07, 6.45) is 0. The molecule has 0 bridgehead atoms. The number of carbonyl (C=O) groups is 1. The van der Waals surface area contributed by atoms with Crippen molar-refractivity contribution >= 4 is 11.8 Å². The lowest BCUT2D eigenvalue weighted by atomic mass is 10.3. The maximum absolute atomic E-state index is 11.5. The molecule has 0 radical (unpaired) electrons. The number of esters is 1. The lowest BCUT2D eigenvalue weighted by Gasteiger charge is -2.03. The van der Waals surface area contributed by atoms with Crippen LogP contribution in [-0.4, -0.2) is 45.5 Å². The standard InChI is InChI=1S/C8H10N6O4/c1-16-3-4-5(8(15)17-2)10-13-14(4)7-6(9)11-18-12-7/h3H2,1-2H3,(H2,9,11). The molecule has 2 N–H and O–H groups in total. The van der Waals surface area contributed by atoms with Crippen LogP contribution in [0.4, 0.5) is 5.82 Å². The van der Waals surface area contributed by atoms with E-state index in [0.29, 0.717) is 5.69 Å². The second-order valence-electron chi connectivity index (χ2n) is 3.19. The Morgan fingerprint density at radius 2 is 2.22 bits per heavy atom. The molecule has 0 fully saturated rings. The van der Waals surface area contributed by atoms with Gasteiger partial charge in [-0.05, 0) is 10.3 Å². The summed E-state index contributed by atoms with van der Waals surface area (Å²) >= 11 is 0. The highest BCUT2D eigenvalue weighted by molar-refractivity contribution is 5.88. The van der Waals surface area contributed by atoms with Gasteiger partial charge in [0.05, 0.1) is 13.7 Å². The molecule has 2 aromatic heterocycles. The zero-order chi connectivity index (χ0) is 13.1. The van der Waals surface area contributed by atoms with Crippen LogP contribution in [0.25, 0.3) is 5.82 Å². The number of anilines is 1. The van der Waals surface area contributed by atoms with Crippen LogP contribution in [0.15, 0.2) is 4.63 Å². The molecule has 18 heavy (non-hydrogen) atoms. The molecule has 0 saturated carbocycles. The summed E-state index contributed by atoms with van der Waals surface area (Å²) in [5.74, 6) is -0.485. The predicted octanol–water partition coefficient (Wildman–Crippen LogP) is -0.834. The summed E-state index contributed by atoms with van der Waals surface area (Å²) in [7, 11) is 2.70. The summed E-state index contributed by atoms with van der Waals surface area (Å²) in [5, 5.41) is 14.4. The number of ether oxygens (including phenoxy) is 2. The average Bonchev–Trinajstić information content (AvgIpc) is 2.95. The summed E-state index contributed by atoms with van der Waals surface area (Å²) in [5.41, 5.74) is 5.90. The van der Waals surface area contributed by atoms with E-state index in [2.05, 4.69) is 30.0 Å². The molecule has 2 rings (SSSR count). The Morgan fingerprint density at radius 3 is 2.78 bits per heavy atom. The molecule has 0 atom stereocenters. The molecule has 0 aromatic carbocycles. The quantitative estimate of drug-likeness (QED) is 0.694. The van der Waals surface area contributed by atoms with Crippen LogP contribution in [0.5, 0.6) is 0 Å². The van der Waals surface area contributed by atoms with E-state index < -0.39 is 5.97 Å². The molecular formula is C8H10N6O4. The molecule has 0 spiro atoms. The smallest absolute Gasteiger partial charge is 0.360 e. The van der Waals surface area contributed by atoms with Gasteiger partial charge in [0.25, 0.3) is 0 Å². The number of nitrogen functional groups attached to an aromatic ring is 1. The summed E-state index contributed by atoms with van der Waals surface area (Å²) < 4.78 is 15.2. The predicted molar refractivity (Wildman–Crippen MR) is 55.7 cm³/mol. The zero-order valence-corrected chi connectivity index (χ0v) is 9.65. The minimum Gasteiger partial charge on any atom is -0.464 e. The highest BCUT2D eigenvalue weighted by Gasteiger charge is 2.24. The van der Waals surface area contributed by atoms with Crippen molar-refractivity contribution in [3.8, 4) is 5.82 Å². The minimum atomic E-state index is -0.636. The lowest BCUT2D eigenvalue weighted by molar-refractivity contribution is 0.0588. The maximum Gasteiger partial charge on any atom is 0.360 e. The highest BCUT2D eigenvalue weighted by Crippen LogP contribution is 2.16. The Bertz CT molecular complexity index is 562. The molecule has 10 nitrogen and oxygen atoms in total. The van der Waals surface area contributed by atoms with E-state index in [-0.39, 0.29) is 23.9 Å². The second-order valence-corrected chi connectivity index (χ2v) is 3.19. The van der Waals surface area contributed by atoms with Gasteiger partial charge in [-0.3, -0.25) is 0 Å². The van der Waals surface area contributed by atoms with E-state index >= 15 is 0 Å². The van der Waals surface area contributed by atoms with Gasteiger partial charge < -0.3 is 15.2 Å². The maximum atomic E-state index is 11.5. The first-order chi connectivity index (χ1) is 8.69. The van der Waals surface area contributed by atoms with E-state index in [1.807, 2.05) is 0 Å². The number of carbonyl (C=O) groups excluding carboxylic acids is 1. The first-order valence-electron chi connectivity index (χ1n) is 4.79. The van der Waals surface area contributed by atoms with Gasteiger partial charge in [-0.25, -0.2) is 9.42 Å². The number of nitrogens with two attached hydrogens (primary N) is 1. The van der Waals surface area contributed by atoms with Gasteiger partial charge in [-0.1, -0.05) is 5.21 Å². The van der Waals surface area contributed by atoms with Crippen LogP contribution in [0.3, 0.4) is 0 Å². The van der Waals surface area contributed by atoms with Crippen LogP contribution in [0, 0.1) is 0 Å². The Hall–Kier alpha value is -2.49. The van der Waals surface area contributed by atoms with Crippen molar-refractivity contribution in [1.29, 1.82) is 0 Å². The van der Waals surface area contributed by atoms with Gasteiger partial charge in [0.1, 0.15) is 5.69 Å². The zero-order valence-electron chi connectivity index (χ0n) is 9.65. The lowest BCUT2D eigenvalue weighted by Crippen LogP contribution is -2.10. The van der Waals surface area contributed by atoms with Crippen molar-refractivity contribution in [2.45, 2.75) is 6.61 Å². The number of hydrogen-bond donors (Lipinski definition) is 1. The van der Waals surface area contributed by atoms with E-state index in [1.165, 1.54) is 18.9 Å². The van der Waals surface area contributed by atoms with Gasteiger partial charge in [0, 0.05) is 7.11 Å². The van der Waals surface area contributed by atoms with Crippen LogP contribution < -0.4 is 5.73 Å². The Balaban J connectivity index is 2.52. The monoisotopic (exact) mass is 254 g/mol. The summed E-state index contributed by atoms with van der Waals surface area (Å²) in [6.45, 7) is 0.0731. The van der Waals surface area contributed by atoms with Crippen molar-refractivity contribution in [3.63, 3.8) is 0 Å². The third-order valence-electron chi connectivity index (χ3n) is 2.12. The largest absolute Gasteiger partial charge is 0.464 e. The van der Waals surface area contributed by atoms with E-state index in [0.717, 1.165) is 0 Å². The van der Waals surface area contributed by atoms with Crippen molar-refractivity contribution in [2.24, 2.45) is 0 Å². The van der Waals surface area contributed by atoms with E-state index in [9.17, 15) is 4.79 Å².